The molecule has 10 rings (SSSR count). The van der Waals surface area contributed by atoms with Crippen LogP contribution in [0.25, 0.3) is 89.1 Å². The summed E-state index contributed by atoms with van der Waals surface area (Å²) in [6, 6.07) is 69.7. The maximum atomic E-state index is 5.42. The SMILES string of the molecule is CC1(C)c2ccc3ccccc3c2-c2c(-c3cccc(-c4cccc(-c5cc(-c6ccccc6)cc(-c6ccccc6)c5)c4)c3)nc(-c3ccccc3)nc21. The van der Waals surface area contributed by atoms with Gasteiger partial charge < -0.3 is 0 Å². The van der Waals surface area contributed by atoms with Crippen LogP contribution in [0.3, 0.4) is 0 Å². The first-order valence-electron chi connectivity index (χ1n) is 19.0. The molecule has 2 nitrogen and oxygen atoms in total. The second-order valence-corrected chi connectivity index (χ2v) is 15.0. The van der Waals surface area contributed by atoms with E-state index in [4.69, 9.17) is 9.97 Å². The average molecular weight is 703 g/mol. The molecule has 55 heavy (non-hydrogen) atoms. The lowest BCUT2D eigenvalue weighted by atomic mass is 9.84. The molecule has 1 heterocycles. The molecule has 2 heteroatoms. The molecule has 9 aromatic rings. The summed E-state index contributed by atoms with van der Waals surface area (Å²) in [5.41, 5.74) is 17.0. The van der Waals surface area contributed by atoms with Gasteiger partial charge in [-0.2, -0.15) is 0 Å². The Morgan fingerprint density at radius 2 is 0.800 bits per heavy atom. The van der Waals surface area contributed by atoms with Crippen molar-refractivity contribution in [3.8, 4) is 78.3 Å². The Morgan fingerprint density at radius 3 is 1.42 bits per heavy atom. The lowest BCUT2D eigenvalue weighted by Crippen LogP contribution is -2.17. The van der Waals surface area contributed by atoms with Gasteiger partial charge in [0.25, 0.3) is 0 Å². The van der Waals surface area contributed by atoms with E-state index in [9.17, 15) is 0 Å². The third-order valence-corrected chi connectivity index (χ3v) is 11.2. The van der Waals surface area contributed by atoms with E-state index < -0.39 is 0 Å². The molecule has 0 atom stereocenters. The van der Waals surface area contributed by atoms with Gasteiger partial charge in [-0.15, -0.1) is 0 Å². The first-order valence-corrected chi connectivity index (χ1v) is 19.0. The van der Waals surface area contributed by atoms with Gasteiger partial charge in [0.15, 0.2) is 5.82 Å². The minimum atomic E-state index is -0.297. The van der Waals surface area contributed by atoms with E-state index in [1.165, 1.54) is 55.3 Å². The third kappa shape index (κ3) is 5.75. The van der Waals surface area contributed by atoms with Crippen molar-refractivity contribution in [2.45, 2.75) is 19.3 Å². The topological polar surface area (TPSA) is 25.8 Å². The zero-order valence-corrected chi connectivity index (χ0v) is 30.9. The Kier molecular flexibility index (Phi) is 7.85. The van der Waals surface area contributed by atoms with E-state index in [0.717, 1.165) is 45.0 Å². The van der Waals surface area contributed by atoms with E-state index in [-0.39, 0.29) is 5.41 Å². The summed E-state index contributed by atoms with van der Waals surface area (Å²) >= 11 is 0. The van der Waals surface area contributed by atoms with Gasteiger partial charge in [-0.1, -0.05) is 178 Å². The van der Waals surface area contributed by atoms with E-state index >= 15 is 0 Å². The Hall–Kier alpha value is -6.90. The van der Waals surface area contributed by atoms with Crippen molar-refractivity contribution in [1.29, 1.82) is 0 Å². The molecule has 0 unspecified atom stereocenters. The minimum Gasteiger partial charge on any atom is -0.231 e. The molecular weight excluding hydrogens is 665 g/mol. The molecule has 0 N–H and O–H groups in total. The Bertz CT molecular complexity index is 2820. The Balaban J connectivity index is 1.14. The maximum Gasteiger partial charge on any atom is 0.160 e. The van der Waals surface area contributed by atoms with Gasteiger partial charge >= 0.3 is 0 Å². The highest BCUT2D eigenvalue weighted by Crippen LogP contribution is 2.54. The van der Waals surface area contributed by atoms with E-state index in [0.29, 0.717) is 0 Å². The van der Waals surface area contributed by atoms with Crippen molar-refractivity contribution in [2.75, 3.05) is 0 Å². The van der Waals surface area contributed by atoms with E-state index in [2.05, 4.69) is 202 Å². The van der Waals surface area contributed by atoms with Crippen LogP contribution in [-0.4, -0.2) is 9.97 Å². The molecule has 0 spiro atoms. The van der Waals surface area contributed by atoms with Crippen molar-refractivity contribution < 1.29 is 0 Å². The monoisotopic (exact) mass is 702 g/mol. The predicted molar refractivity (Wildman–Crippen MR) is 230 cm³/mol. The first-order chi connectivity index (χ1) is 27.0. The van der Waals surface area contributed by atoms with Crippen LogP contribution in [0.1, 0.15) is 25.1 Å². The molecule has 0 saturated heterocycles. The van der Waals surface area contributed by atoms with Crippen LogP contribution in [0.2, 0.25) is 0 Å². The van der Waals surface area contributed by atoms with Crippen molar-refractivity contribution >= 4 is 10.8 Å². The van der Waals surface area contributed by atoms with Crippen LogP contribution in [0, 0.1) is 0 Å². The van der Waals surface area contributed by atoms with Gasteiger partial charge in [0.05, 0.1) is 11.4 Å². The molecule has 1 aromatic heterocycles. The molecule has 1 aliphatic rings. The molecule has 0 radical (unpaired) electrons. The van der Waals surface area contributed by atoms with Crippen LogP contribution in [0.5, 0.6) is 0 Å². The van der Waals surface area contributed by atoms with Crippen LogP contribution in [0.4, 0.5) is 0 Å². The Morgan fingerprint density at radius 1 is 0.345 bits per heavy atom. The number of rotatable bonds is 6. The summed E-state index contributed by atoms with van der Waals surface area (Å²) in [7, 11) is 0. The van der Waals surface area contributed by atoms with Gasteiger partial charge in [0, 0.05) is 22.1 Å². The summed E-state index contributed by atoms with van der Waals surface area (Å²) in [6.45, 7) is 4.60. The zero-order chi connectivity index (χ0) is 36.9. The largest absolute Gasteiger partial charge is 0.231 e. The molecule has 8 aromatic carbocycles. The van der Waals surface area contributed by atoms with Crippen LogP contribution in [-0.2, 0) is 5.41 Å². The van der Waals surface area contributed by atoms with Gasteiger partial charge in [-0.05, 0) is 96.7 Å². The summed E-state index contributed by atoms with van der Waals surface area (Å²) in [5.74, 6) is 0.749. The van der Waals surface area contributed by atoms with E-state index in [1.807, 2.05) is 6.07 Å². The molecule has 0 fully saturated rings. The standard InChI is InChI=1S/C53H38N2/c1-53(2)47-29-28-37-20-12-13-27-46(37)48(47)49-50(54-52(55-51(49)53)38-21-10-5-11-22-38)42-26-15-24-40(31-42)39-23-14-25-41(30-39)45-33-43(35-16-6-3-7-17-35)32-44(34-45)36-18-8-4-9-19-36/h3-34H,1-2H3. The van der Waals surface area contributed by atoms with Crippen LogP contribution in [0.15, 0.2) is 194 Å². The molecule has 1 aliphatic carbocycles. The predicted octanol–water partition coefficient (Wildman–Crippen LogP) is 13.9. The Labute approximate surface area is 322 Å². The zero-order valence-electron chi connectivity index (χ0n) is 30.9. The van der Waals surface area contributed by atoms with Gasteiger partial charge in [-0.3, -0.25) is 0 Å². The average Bonchev–Trinajstić information content (AvgIpc) is 3.50. The third-order valence-electron chi connectivity index (χ3n) is 11.2. The van der Waals surface area contributed by atoms with Crippen molar-refractivity contribution in [3.63, 3.8) is 0 Å². The fraction of sp³-hybridized carbons (Fsp3) is 0.0566. The molecule has 0 amide bonds. The number of fused-ring (bicyclic) bond motifs is 5. The van der Waals surface area contributed by atoms with Crippen molar-refractivity contribution in [1.82, 2.24) is 9.97 Å². The molecule has 0 bridgehead atoms. The summed E-state index contributed by atoms with van der Waals surface area (Å²) < 4.78 is 0. The lowest BCUT2D eigenvalue weighted by Gasteiger charge is -2.21. The molecule has 260 valence electrons. The highest BCUT2D eigenvalue weighted by Gasteiger charge is 2.40. The van der Waals surface area contributed by atoms with Crippen LogP contribution >= 0.6 is 0 Å². The quantitative estimate of drug-likeness (QED) is 0.172. The lowest BCUT2D eigenvalue weighted by molar-refractivity contribution is 0.636. The fourth-order valence-electron chi connectivity index (χ4n) is 8.38. The number of nitrogens with zero attached hydrogens (tertiary/aromatic N) is 2. The highest BCUT2D eigenvalue weighted by molar-refractivity contribution is 6.05. The first kappa shape index (κ1) is 32.7. The second kappa shape index (κ2) is 13.2. The maximum absolute atomic E-state index is 5.42. The van der Waals surface area contributed by atoms with Gasteiger partial charge in [0.2, 0.25) is 0 Å². The number of benzene rings is 8. The number of hydrogen-bond donors (Lipinski definition) is 0. The highest BCUT2D eigenvalue weighted by atomic mass is 14.9. The summed E-state index contributed by atoms with van der Waals surface area (Å²) in [4.78, 5) is 10.8. The van der Waals surface area contributed by atoms with Crippen molar-refractivity contribution in [3.05, 3.63) is 205 Å². The number of aromatic nitrogens is 2. The normalized spacial score (nSPS) is 12.7. The molecular formula is C53H38N2. The number of hydrogen-bond acceptors (Lipinski definition) is 2. The molecule has 0 aliphatic heterocycles. The van der Waals surface area contributed by atoms with E-state index in [1.54, 1.807) is 0 Å². The summed E-state index contributed by atoms with van der Waals surface area (Å²) in [5, 5.41) is 2.46. The summed E-state index contributed by atoms with van der Waals surface area (Å²) in [6.07, 6.45) is 0. The van der Waals surface area contributed by atoms with Gasteiger partial charge in [-0.25, -0.2) is 9.97 Å². The minimum absolute atomic E-state index is 0.297. The molecule has 0 saturated carbocycles. The van der Waals surface area contributed by atoms with Crippen LogP contribution < -0.4 is 0 Å². The fourth-order valence-corrected chi connectivity index (χ4v) is 8.38. The second-order valence-electron chi connectivity index (χ2n) is 15.0. The van der Waals surface area contributed by atoms with Crippen molar-refractivity contribution in [2.24, 2.45) is 0 Å². The van der Waals surface area contributed by atoms with Gasteiger partial charge in [0.1, 0.15) is 0 Å². The smallest absolute Gasteiger partial charge is 0.160 e.